The van der Waals surface area contributed by atoms with E-state index in [-0.39, 0.29) is 0 Å². The molecule has 1 heterocycles. The van der Waals surface area contributed by atoms with E-state index in [9.17, 15) is 0 Å². The molecule has 0 aliphatic carbocycles. The van der Waals surface area contributed by atoms with Gasteiger partial charge in [0.15, 0.2) is 12.4 Å². The summed E-state index contributed by atoms with van der Waals surface area (Å²) in [7, 11) is 0. The number of hydrogen-bond donors (Lipinski definition) is 0. The Bertz CT molecular complexity index is 389. The predicted octanol–water partition coefficient (Wildman–Crippen LogP) is 9.87. The highest BCUT2D eigenvalue weighted by Crippen LogP contribution is 2.21. The number of unbranched alkanes of at least 4 members (excludes halogenated alkanes) is 17. The Hall–Kier alpha value is -0.790. The van der Waals surface area contributed by atoms with Gasteiger partial charge >= 0.3 is 0 Å². The van der Waals surface area contributed by atoms with Crippen LogP contribution in [0.4, 0.5) is 0 Å². The number of rotatable bonds is 23. The summed E-state index contributed by atoms with van der Waals surface area (Å²) in [6.45, 7) is 4.74. The lowest BCUT2D eigenvalue weighted by Crippen LogP contribution is -1.96. The summed E-state index contributed by atoms with van der Waals surface area (Å²) in [4.78, 5) is 8.50. The second-order valence-corrected chi connectivity index (χ2v) is 9.77. The molecule has 174 valence electrons. The van der Waals surface area contributed by atoms with Crippen LogP contribution in [0.25, 0.3) is 0 Å². The van der Waals surface area contributed by atoms with Crippen molar-refractivity contribution in [2.24, 2.45) is 15.9 Å². The Balaban J connectivity index is 1.69. The Labute approximate surface area is 189 Å². The van der Waals surface area contributed by atoms with Gasteiger partial charge in [-0.25, -0.2) is 0 Å². The van der Waals surface area contributed by atoms with E-state index in [0.717, 1.165) is 18.5 Å². The van der Waals surface area contributed by atoms with Crippen LogP contribution in [0, 0.1) is 12.1 Å². The zero-order valence-corrected chi connectivity index (χ0v) is 20.7. The van der Waals surface area contributed by atoms with Crippen molar-refractivity contribution in [2.45, 2.75) is 155 Å². The van der Waals surface area contributed by atoms with Crippen molar-refractivity contribution < 1.29 is 0 Å². The van der Waals surface area contributed by atoms with Crippen molar-refractivity contribution in [3.63, 3.8) is 0 Å². The lowest BCUT2D eigenvalue weighted by molar-refractivity contribution is 0.434. The molecule has 1 aliphatic heterocycles. The molecular weight excluding hydrogens is 364 g/mol. The van der Waals surface area contributed by atoms with Crippen LogP contribution in [0.3, 0.4) is 0 Å². The van der Waals surface area contributed by atoms with Crippen molar-refractivity contribution in [3.8, 4) is 0 Å². The van der Waals surface area contributed by atoms with E-state index in [1.807, 2.05) is 0 Å². The van der Waals surface area contributed by atoms with Gasteiger partial charge in [0, 0.05) is 0 Å². The summed E-state index contributed by atoms with van der Waals surface area (Å²) < 4.78 is 0. The first kappa shape index (κ1) is 27.2. The van der Waals surface area contributed by atoms with Crippen LogP contribution < -0.4 is 0 Å². The molecule has 0 N–H and O–H groups in total. The third kappa shape index (κ3) is 18.0. The lowest BCUT2D eigenvalue weighted by atomic mass is 9.96. The second-order valence-electron chi connectivity index (χ2n) is 9.77. The summed E-state index contributed by atoms with van der Waals surface area (Å²) in [6.07, 6.45) is 35.9. The zero-order valence-electron chi connectivity index (χ0n) is 20.7. The quantitative estimate of drug-likeness (QED) is 0.117. The fourth-order valence-electron chi connectivity index (χ4n) is 4.54. The van der Waals surface area contributed by atoms with Gasteiger partial charge in [0.1, 0.15) is 0 Å². The first-order valence-corrected chi connectivity index (χ1v) is 13.8. The van der Waals surface area contributed by atoms with Crippen molar-refractivity contribution in [1.29, 1.82) is 0 Å². The second kappa shape index (κ2) is 21.4. The SMILES string of the molecule is CCCCCCCCCCCCCCCCCCCC(C)CCCC[C+]1N=CC=N1. The molecule has 1 atom stereocenters. The molecule has 0 spiro atoms. The van der Waals surface area contributed by atoms with Crippen LogP contribution in [0.2, 0.25) is 0 Å². The van der Waals surface area contributed by atoms with Gasteiger partial charge in [-0.15, -0.1) is 0 Å². The van der Waals surface area contributed by atoms with Crippen LogP contribution >= 0.6 is 0 Å². The third-order valence-electron chi connectivity index (χ3n) is 6.66. The normalized spacial score (nSPS) is 14.1. The minimum Gasteiger partial charge on any atom is -0.0968 e. The highest BCUT2D eigenvalue weighted by Gasteiger charge is 2.14. The van der Waals surface area contributed by atoms with Crippen molar-refractivity contribution >= 4 is 12.4 Å². The molecule has 2 nitrogen and oxygen atoms in total. The zero-order chi connectivity index (χ0) is 21.5. The van der Waals surface area contributed by atoms with Crippen molar-refractivity contribution in [1.82, 2.24) is 0 Å². The van der Waals surface area contributed by atoms with E-state index < -0.39 is 0 Å². The van der Waals surface area contributed by atoms with E-state index in [1.165, 1.54) is 135 Å². The standard InChI is InChI=1S/C28H53N2/c1-3-4-5-6-7-8-9-10-11-12-13-14-15-16-17-18-19-22-27(2)23-20-21-24-28-29-25-26-30-28/h25-27H,3-24H2,1-2H3/q+1. The lowest BCUT2D eigenvalue weighted by Gasteiger charge is -2.10. The van der Waals surface area contributed by atoms with Gasteiger partial charge in [-0.1, -0.05) is 152 Å². The fraction of sp³-hybridized carbons (Fsp3) is 0.893. The maximum atomic E-state index is 4.25. The molecule has 0 saturated heterocycles. The molecule has 1 unspecified atom stereocenters. The number of aliphatic imine (C=N–C) groups is 2. The third-order valence-corrected chi connectivity index (χ3v) is 6.66. The van der Waals surface area contributed by atoms with Crippen molar-refractivity contribution in [3.05, 3.63) is 6.17 Å². The van der Waals surface area contributed by atoms with E-state index in [2.05, 4.69) is 23.8 Å². The molecule has 0 aromatic carbocycles. The Morgan fingerprint density at radius 1 is 0.533 bits per heavy atom. The van der Waals surface area contributed by atoms with Crippen LogP contribution in [-0.2, 0) is 0 Å². The molecule has 0 aromatic rings. The van der Waals surface area contributed by atoms with Crippen LogP contribution in [-0.4, -0.2) is 12.4 Å². The molecule has 30 heavy (non-hydrogen) atoms. The smallest absolute Gasteiger partial charge is 0.0968 e. The summed E-state index contributed by atoms with van der Waals surface area (Å²) in [6, 6.07) is 0. The molecule has 0 fully saturated rings. The first-order valence-electron chi connectivity index (χ1n) is 13.8. The predicted molar refractivity (Wildman–Crippen MR) is 137 cm³/mol. The molecule has 0 bridgehead atoms. The minimum absolute atomic E-state index is 0.891. The number of nitrogens with zero attached hydrogens (tertiary/aromatic N) is 2. The summed E-state index contributed by atoms with van der Waals surface area (Å²) in [5.41, 5.74) is 0. The maximum Gasteiger partial charge on any atom is 0.240 e. The van der Waals surface area contributed by atoms with Gasteiger partial charge in [-0.2, -0.15) is 0 Å². The Kier molecular flexibility index (Phi) is 19.5. The van der Waals surface area contributed by atoms with E-state index >= 15 is 0 Å². The fourth-order valence-corrected chi connectivity index (χ4v) is 4.54. The van der Waals surface area contributed by atoms with Crippen LogP contribution in [0.15, 0.2) is 9.98 Å². The minimum atomic E-state index is 0.891. The van der Waals surface area contributed by atoms with Crippen LogP contribution in [0.5, 0.6) is 0 Å². The molecule has 0 amide bonds. The van der Waals surface area contributed by atoms with E-state index in [4.69, 9.17) is 0 Å². The topological polar surface area (TPSA) is 24.7 Å². The molecule has 0 saturated carbocycles. The molecule has 1 rings (SSSR count). The first-order chi connectivity index (χ1) is 14.8. The average molecular weight is 418 g/mol. The van der Waals surface area contributed by atoms with Gasteiger partial charge in [0.25, 0.3) is 0 Å². The number of hydrogen-bond acceptors (Lipinski definition) is 2. The monoisotopic (exact) mass is 417 g/mol. The highest BCUT2D eigenvalue weighted by atomic mass is 15.0. The molecular formula is C28H53N2+. The average Bonchev–Trinajstić information content (AvgIpc) is 3.27. The summed E-state index contributed by atoms with van der Waals surface area (Å²) in [5.74, 6) is 0.891. The summed E-state index contributed by atoms with van der Waals surface area (Å²) in [5, 5.41) is 0. The summed E-state index contributed by atoms with van der Waals surface area (Å²) >= 11 is 0. The van der Waals surface area contributed by atoms with Crippen molar-refractivity contribution in [2.75, 3.05) is 0 Å². The van der Waals surface area contributed by atoms with E-state index in [0.29, 0.717) is 0 Å². The van der Waals surface area contributed by atoms with Gasteiger partial charge in [-0.3, -0.25) is 0 Å². The van der Waals surface area contributed by atoms with Gasteiger partial charge in [-0.05, 0) is 12.3 Å². The van der Waals surface area contributed by atoms with Gasteiger partial charge in [0.2, 0.25) is 6.17 Å². The molecule has 2 heteroatoms. The highest BCUT2D eigenvalue weighted by molar-refractivity contribution is 6.18. The Morgan fingerprint density at radius 3 is 1.33 bits per heavy atom. The molecule has 0 radical (unpaired) electrons. The Morgan fingerprint density at radius 2 is 0.900 bits per heavy atom. The van der Waals surface area contributed by atoms with Gasteiger partial charge < -0.3 is 0 Å². The van der Waals surface area contributed by atoms with Crippen LogP contribution in [0.1, 0.15) is 155 Å². The molecule has 0 aromatic heterocycles. The maximum absolute atomic E-state index is 4.25. The molecule has 1 aliphatic rings. The largest absolute Gasteiger partial charge is 0.240 e. The van der Waals surface area contributed by atoms with Gasteiger partial charge in [0.05, 0.1) is 6.42 Å². The van der Waals surface area contributed by atoms with E-state index in [1.54, 1.807) is 12.4 Å².